The summed E-state index contributed by atoms with van der Waals surface area (Å²) in [5, 5.41) is 8.84. The van der Waals surface area contributed by atoms with Crippen LogP contribution in [0, 0.1) is 0 Å². The standard InChI is InChI=1S/C9H15NO5S/c1-2-16(14,15)6-8(11)10-5-3-4-7(10)9(12)13/h7H,2-6H2,1H3,(H,12,13)/t7-/m0/s1. The maximum atomic E-state index is 11.6. The second-order valence-electron chi connectivity index (χ2n) is 3.76. The lowest BCUT2D eigenvalue weighted by Crippen LogP contribution is -2.43. The maximum absolute atomic E-state index is 11.6. The van der Waals surface area contributed by atoms with Gasteiger partial charge in [-0.1, -0.05) is 6.92 Å². The van der Waals surface area contributed by atoms with Crippen LogP contribution in [0.5, 0.6) is 0 Å². The van der Waals surface area contributed by atoms with Crippen LogP contribution < -0.4 is 0 Å². The van der Waals surface area contributed by atoms with Crippen LogP contribution in [0.4, 0.5) is 0 Å². The molecule has 1 fully saturated rings. The van der Waals surface area contributed by atoms with Gasteiger partial charge in [-0.2, -0.15) is 0 Å². The van der Waals surface area contributed by atoms with E-state index < -0.39 is 33.5 Å². The molecule has 0 spiro atoms. The highest BCUT2D eigenvalue weighted by Gasteiger charge is 2.35. The molecule has 6 nitrogen and oxygen atoms in total. The molecule has 0 aromatic carbocycles. The number of aliphatic carboxylic acids is 1. The number of rotatable bonds is 4. The third-order valence-corrected chi connectivity index (χ3v) is 4.21. The molecule has 16 heavy (non-hydrogen) atoms. The van der Waals surface area contributed by atoms with E-state index in [-0.39, 0.29) is 5.75 Å². The predicted octanol–water partition coefficient (Wildman–Crippen LogP) is -0.503. The molecule has 0 saturated carbocycles. The summed E-state index contributed by atoms with van der Waals surface area (Å²) < 4.78 is 22.5. The van der Waals surface area contributed by atoms with Crippen LogP contribution in [0.3, 0.4) is 0 Å². The van der Waals surface area contributed by atoms with Crippen molar-refractivity contribution in [1.29, 1.82) is 0 Å². The summed E-state index contributed by atoms with van der Waals surface area (Å²) in [6.45, 7) is 1.79. The Balaban J connectivity index is 2.71. The Morgan fingerprint density at radius 2 is 2.06 bits per heavy atom. The molecule has 1 rings (SSSR count). The normalized spacial score (nSPS) is 21.1. The van der Waals surface area contributed by atoms with Crippen LogP contribution in [0.2, 0.25) is 0 Å². The van der Waals surface area contributed by atoms with Crippen LogP contribution in [-0.4, -0.2) is 54.4 Å². The molecular formula is C9H15NO5S. The van der Waals surface area contributed by atoms with Gasteiger partial charge in [-0.25, -0.2) is 13.2 Å². The van der Waals surface area contributed by atoms with Crippen LogP contribution in [0.25, 0.3) is 0 Å². The third-order valence-electron chi connectivity index (χ3n) is 2.64. The van der Waals surface area contributed by atoms with Crippen LogP contribution in [0.1, 0.15) is 19.8 Å². The van der Waals surface area contributed by atoms with Gasteiger partial charge in [-0.15, -0.1) is 0 Å². The summed E-state index contributed by atoms with van der Waals surface area (Å²) in [6, 6.07) is -0.862. The fourth-order valence-corrected chi connectivity index (χ4v) is 2.44. The predicted molar refractivity (Wildman–Crippen MR) is 56.7 cm³/mol. The number of nitrogens with zero attached hydrogens (tertiary/aromatic N) is 1. The van der Waals surface area contributed by atoms with Crippen LogP contribution in [-0.2, 0) is 19.4 Å². The quantitative estimate of drug-likeness (QED) is 0.725. The largest absolute Gasteiger partial charge is 0.480 e. The number of carbonyl (C=O) groups is 2. The fourth-order valence-electron chi connectivity index (χ4n) is 1.70. The number of hydrogen-bond acceptors (Lipinski definition) is 4. The fraction of sp³-hybridized carbons (Fsp3) is 0.778. The highest BCUT2D eigenvalue weighted by Crippen LogP contribution is 2.17. The van der Waals surface area contributed by atoms with Gasteiger partial charge in [0, 0.05) is 12.3 Å². The number of carboxylic acids is 1. The minimum atomic E-state index is -3.39. The minimum absolute atomic E-state index is 0.107. The lowest BCUT2D eigenvalue weighted by Gasteiger charge is -2.21. The zero-order valence-electron chi connectivity index (χ0n) is 9.05. The first kappa shape index (κ1) is 13.0. The monoisotopic (exact) mass is 249 g/mol. The topological polar surface area (TPSA) is 91.8 Å². The van der Waals surface area contributed by atoms with Crippen molar-refractivity contribution >= 4 is 21.7 Å². The van der Waals surface area contributed by atoms with Gasteiger partial charge in [0.2, 0.25) is 5.91 Å². The third kappa shape index (κ3) is 2.94. The number of sulfone groups is 1. The zero-order valence-corrected chi connectivity index (χ0v) is 9.87. The van der Waals surface area contributed by atoms with Gasteiger partial charge in [0.1, 0.15) is 11.8 Å². The highest BCUT2D eigenvalue weighted by molar-refractivity contribution is 7.92. The first-order valence-corrected chi connectivity index (χ1v) is 6.92. The first-order chi connectivity index (χ1) is 7.37. The summed E-state index contributed by atoms with van der Waals surface area (Å²) in [5.41, 5.74) is 0. The van der Waals surface area contributed by atoms with Crippen molar-refractivity contribution in [2.75, 3.05) is 18.1 Å². The molecule has 1 amide bonds. The second kappa shape index (κ2) is 4.82. The van der Waals surface area contributed by atoms with E-state index in [1.165, 1.54) is 6.92 Å². The van der Waals surface area contributed by atoms with Gasteiger partial charge in [0.05, 0.1) is 0 Å². The Morgan fingerprint density at radius 1 is 1.44 bits per heavy atom. The Morgan fingerprint density at radius 3 is 2.56 bits per heavy atom. The van der Waals surface area contributed by atoms with Crippen molar-refractivity contribution in [3.8, 4) is 0 Å². The molecule has 1 atom stereocenters. The molecule has 0 aromatic heterocycles. The molecule has 1 N–H and O–H groups in total. The molecule has 0 radical (unpaired) electrons. The number of hydrogen-bond donors (Lipinski definition) is 1. The average molecular weight is 249 g/mol. The molecule has 1 aliphatic rings. The SMILES string of the molecule is CCS(=O)(=O)CC(=O)N1CCC[C@H]1C(=O)O. The number of carbonyl (C=O) groups excluding carboxylic acids is 1. The summed E-state index contributed by atoms with van der Waals surface area (Å²) in [5.74, 6) is -2.37. The summed E-state index contributed by atoms with van der Waals surface area (Å²) in [7, 11) is -3.39. The van der Waals surface area contributed by atoms with Crippen molar-refractivity contribution in [2.45, 2.75) is 25.8 Å². The molecule has 7 heteroatoms. The van der Waals surface area contributed by atoms with Crippen molar-refractivity contribution in [1.82, 2.24) is 4.90 Å². The van der Waals surface area contributed by atoms with Gasteiger partial charge in [-0.05, 0) is 12.8 Å². The minimum Gasteiger partial charge on any atom is -0.480 e. The molecule has 0 bridgehead atoms. The number of likely N-dealkylation sites (tertiary alicyclic amines) is 1. The summed E-state index contributed by atoms with van der Waals surface area (Å²) in [6.07, 6.45) is 1.00. The second-order valence-corrected chi connectivity index (χ2v) is 6.11. The zero-order chi connectivity index (χ0) is 12.3. The molecule has 0 aliphatic carbocycles. The number of amides is 1. The summed E-state index contributed by atoms with van der Waals surface area (Å²) in [4.78, 5) is 23.6. The highest BCUT2D eigenvalue weighted by atomic mass is 32.2. The lowest BCUT2D eigenvalue weighted by molar-refractivity contribution is -0.147. The van der Waals surface area contributed by atoms with E-state index in [4.69, 9.17) is 5.11 Å². The van der Waals surface area contributed by atoms with Crippen LogP contribution >= 0.6 is 0 Å². The van der Waals surface area contributed by atoms with E-state index in [1.54, 1.807) is 0 Å². The van der Waals surface area contributed by atoms with E-state index in [9.17, 15) is 18.0 Å². The Kier molecular flexibility index (Phi) is 3.90. The van der Waals surface area contributed by atoms with E-state index in [0.717, 1.165) is 4.90 Å². The molecular weight excluding hydrogens is 234 g/mol. The van der Waals surface area contributed by atoms with Gasteiger partial charge in [-0.3, -0.25) is 4.79 Å². The molecule has 1 aliphatic heterocycles. The van der Waals surface area contributed by atoms with Gasteiger partial charge in [0.15, 0.2) is 9.84 Å². The average Bonchev–Trinajstić information content (AvgIpc) is 2.65. The van der Waals surface area contributed by atoms with Crippen LogP contribution in [0.15, 0.2) is 0 Å². The van der Waals surface area contributed by atoms with E-state index in [2.05, 4.69) is 0 Å². The molecule has 1 saturated heterocycles. The molecule has 0 aromatic rings. The van der Waals surface area contributed by atoms with Crippen molar-refractivity contribution in [2.24, 2.45) is 0 Å². The van der Waals surface area contributed by atoms with Gasteiger partial charge < -0.3 is 10.0 Å². The van der Waals surface area contributed by atoms with Gasteiger partial charge >= 0.3 is 5.97 Å². The van der Waals surface area contributed by atoms with E-state index >= 15 is 0 Å². The van der Waals surface area contributed by atoms with E-state index in [1.807, 2.05) is 0 Å². The van der Waals surface area contributed by atoms with Crippen molar-refractivity contribution < 1.29 is 23.1 Å². The van der Waals surface area contributed by atoms with Crippen molar-refractivity contribution in [3.63, 3.8) is 0 Å². The molecule has 0 unspecified atom stereocenters. The van der Waals surface area contributed by atoms with Gasteiger partial charge in [0.25, 0.3) is 0 Å². The molecule has 1 heterocycles. The Bertz CT molecular complexity index is 389. The summed E-state index contributed by atoms with van der Waals surface area (Å²) >= 11 is 0. The van der Waals surface area contributed by atoms with E-state index in [0.29, 0.717) is 19.4 Å². The first-order valence-electron chi connectivity index (χ1n) is 5.10. The number of carboxylic acid groups (broad SMARTS) is 1. The van der Waals surface area contributed by atoms with Crippen molar-refractivity contribution in [3.05, 3.63) is 0 Å². The smallest absolute Gasteiger partial charge is 0.326 e. The molecule has 92 valence electrons. The maximum Gasteiger partial charge on any atom is 0.326 e. The Labute approximate surface area is 94.2 Å². The Hall–Kier alpha value is -1.11. The lowest BCUT2D eigenvalue weighted by atomic mass is 10.2.